The normalized spacial score (nSPS) is 17.9. The lowest BCUT2D eigenvalue weighted by atomic mass is 9.30. The van der Waals surface area contributed by atoms with E-state index in [4.69, 9.17) is 5.10 Å². The zero-order chi connectivity index (χ0) is 29.7. The van der Waals surface area contributed by atoms with Crippen LogP contribution in [0.1, 0.15) is 104 Å². The number of hydrogen-bond acceptors (Lipinski definition) is 1. The molecule has 1 aromatic heterocycles. The van der Waals surface area contributed by atoms with Gasteiger partial charge in [-0.15, -0.1) is 0 Å². The Kier molecular flexibility index (Phi) is 4.88. The molecule has 0 saturated carbocycles. The van der Waals surface area contributed by atoms with Gasteiger partial charge in [-0.3, -0.25) is 0 Å². The molecule has 3 aliphatic rings. The zero-order valence-electron chi connectivity index (χ0n) is 27.1. The van der Waals surface area contributed by atoms with Crippen molar-refractivity contribution in [1.82, 2.24) is 9.78 Å². The quantitative estimate of drug-likeness (QED) is 0.175. The van der Waals surface area contributed by atoms with E-state index in [9.17, 15) is 0 Å². The van der Waals surface area contributed by atoms with E-state index in [1.54, 1.807) is 5.56 Å². The van der Waals surface area contributed by atoms with Gasteiger partial charge in [-0.05, 0) is 102 Å². The van der Waals surface area contributed by atoms with Crippen molar-refractivity contribution in [3.63, 3.8) is 0 Å². The van der Waals surface area contributed by atoms with E-state index in [1.165, 1.54) is 84.4 Å². The molecular formula is C39H43BN2. The zero-order valence-corrected chi connectivity index (χ0v) is 27.1. The minimum atomic E-state index is 0.0247. The van der Waals surface area contributed by atoms with Crippen molar-refractivity contribution in [2.75, 3.05) is 0 Å². The van der Waals surface area contributed by atoms with Gasteiger partial charge in [0.25, 0.3) is 0 Å². The van der Waals surface area contributed by atoms with Crippen molar-refractivity contribution in [3.05, 3.63) is 77.0 Å². The second-order valence-corrected chi connectivity index (χ2v) is 16.8. The van der Waals surface area contributed by atoms with Crippen molar-refractivity contribution >= 4 is 44.8 Å². The molecule has 0 fully saturated rings. The number of benzene rings is 4. The van der Waals surface area contributed by atoms with Crippen LogP contribution in [0.3, 0.4) is 0 Å². The fourth-order valence-corrected chi connectivity index (χ4v) is 8.62. The van der Waals surface area contributed by atoms with Crippen molar-refractivity contribution in [1.29, 1.82) is 0 Å². The van der Waals surface area contributed by atoms with Crippen LogP contribution in [0.15, 0.2) is 54.7 Å². The van der Waals surface area contributed by atoms with Gasteiger partial charge in [0.2, 0.25) is 6.71 Å². The minimum absolute atomic E-state index is 0.0247. The summed E-state index contributed by atoms with van der Waals surface area (Å²) < 4.78 is 2.31. The van der Waals surface area contributed by atoms with Gasteiger partial charge in [0.1, 0.15) is 0 Å². The highest BCUT2D eigenvalue weighted by atomic mass is 15.3. The van der Waals surface area contributed by atoms with Crippen LogP contribution in [0, 0.1) is 0 Å². The Hall–Kier alpha value is -3.33. The first kappa shape index (κ1) is 26.3. The lowest BCUT2D eigenvalue weighted by molar-refractivity contribution is 0.334. The fraction of sp³-hybridized carbons (Fsp3) is 0.410. The SMILES string of the molecule is CC(C)(C)c1cc2c3c(c1)-n1ncc4cc5c(c(c41)B3c1ccc(C(C)(C)C)c3cccc-2c13)C(C)(C)CCC5(C)C. The van der Waals surface area contributed by atoms with E-state index < -0.39 is 0 Å². The van der Waals surface area contributed by atoms with E-state index in [0.29, 0.717) is 0 Å². The molecule has 0 bridgehead atoms. The molecule has 0 saturated heterocycles. The highest BCUT2D eigenvalue weighted by Crippen LogP contribution is 2.48. The summed E-state index contributed by atoms with van der Waals surface area (Å²) in [5, 5.41) is 9.30. The van der Waals surface area contributed by atoms with Crippen LogP contribution in [-0.2, 0) is 21.7 Å². The molecule has 0 unspecified atom stereocenters. The monoisotopic (exact) mass is 550 g/mol. The van der Waals surface area contributed by atoms with Gasteiger partial charge in [0.05, 0.1) is 17.4 Å². The van der Waals surface area contributed by atoms with Gasteiger partial charge in [-0.25, -0.2) is 4.68 Å². The predicted octanol–water partition coefficient (Wildman–Crippen LogP) is 7.93. The van der Waals surface area contributed by atoms with Gasteiger partial charge >= 0.3 is 0 Å². The second kappa shape index (κ2) is 7.79. The first-order valence-corrected chi connectivity index (χ1v) is 15.9. The standard InChI is InChI=1S/C39H43BN2/c1-36(2,3)23-19-26-24-12-11-13-25-27(37(4,5)6)14-15-29(31(24)25)40-33(26)30(20-23)42-35-22(21-41-42)18-28-32(34(35)40)39(9,10)17-16-38(28,7)8/h11-15,18-21H,16-17H2,1-10H3. The molecule has 2 nitrogen and oxygen atoms in total. The van der Waals surface area contributed by atoms with E-state index in [1.807, 2.05) is 0 Å². The average Bonchev–Trinajstić information content (AvgIpc) is 3.34. The molecule has 212 valence electrons. The Morgan fingerprint density at radius 1 is 0.786 bits per heavy atom. The smallest absolute Gasteiger partial charge is 0.234 e. The van der Waals surface area contributed by atoms with Crippen LogP contribution in [0.25, 0.3) is 38.5 Å². The van der Waals surface area contributed by atoms with Crippen molar-refractivity contribution in [2.45, 2.75) is 104 Å². The molecule has 4 aromatic carbocycles. The number of nitrogens with zero attached hydrogens (tertiary/aromatic N) is 2. The van der Waals surface area contributed by atoms with Crippen LogP contribution < -0.4 is 16.4 Å². The summed E-state index contributed by atoms with van der Waals surface area (Å²) in [6, 6.07) is 19.4. The Labute approximate surface area is 251 Å². The molecule has 5 aromatic rings. The summed E-state index contributed by atoms with van der Waals surface area (Å²) in [5.74, 6) is 0. The Morgan fingerprint density at radius 2 is 1.52 bits per heavy atom. The third-order valence-electron chi connectivity index (χ3n) is 11.0. The van der Waals surface area contributed by atoms with Crippen LogP contribution in [0.4, 0.5) is 0 Å². The summed E-state index contributed by atoms with van der Waals surface area (Å²) in [4.78, 5) is 0. The van der Waals surface area contributed by atoms with Gasteiger partial charge in [-0.1, -0.05) is 111 Å². The third kappa shape index (κ3) is 3.26. The second-order valence-electron chi connectivity index (χ2n) is 16.8. The highest BCUT2D eigenvalue weighted by Gasteiger charge is 2.47. The van der Waals surface area contributed by atoms with Gasteiger partial charge in [0, 0.05) is 5.39 Å². The molecule has 8 rings (SSSR count). The maximum Gasteiger partial charge on any atom is 0.248 e. The maximum absolute atomic E-state index is 5.16. The fourth-order valence-electron chi connectivity index (χ4n) is 8.62. The van der Waals surface area contributed by atoms with Gasteiger partial charge in [0.15, 0.2) is 0 Å². The molecule has 0 radical (unpaired) electrons. The molecular weight excluding hydrogens is 507 g/mol. The lowest BCUT2D eigenvalue weighted by Crippen LogP contribution is -2.61. The first-order valence-electron chi connectivity index (χ1n) is 15.9. The molecule has 1 aliphatic carbocycles. The van der Waals surface area contributed by atoms with E-state index in [-0.39, 0.29) is 28.4 Å². The Bertz CT molecular complexity index is 2010. The van der Waals surface area contributed by atoms with Crippen LogP contribution >= 0.6 is 0 Å². The van der Waals surface area contributed by atoms with Gasteiger partial charge in [-0.2, -0.15) is 5.10 Å². The van der Waals surface area contributed by atoms with Crippen molar-refractivity contribution in [3.8, 4) is 16.8 Å². The van der Waals surface area contributed by atoms with Crippen molar-refractivity contribution < 1.29 is 0 Å². The maximum atomic E-state index is 5.16. The van der Waals surface area contributed by atoms with Crippen LogP contribution in [0.5, 0.6) is 0 Å². The summed E-state index contributed by atoms with van der Waals surface area (Å²) in [5.41, 5.74) is 16.0. The summed E-state index contributed by atoms with van der Waals surface area (Å²) in [7, 11) is 0. The van der Waals surface area contributed by atoms with Gasteiger partial charge < -0.3 is 0 Å². The van der Waals surface area contributed by atoms with E-state index >= 15 is 0 Å². The minimum Gasteiger partial charge on any atom is -0.234 e. The number of rotatable bonds is 0. The van der Waals surface area contributed by atoms with E-state index in [2.05, 4.69) is 129 Å². The Balaban J connectivity index is 1.62. The molecule has 0 spiro atoms. The van der Waals surface area contributed by atoms with Crippen LogP contribution in [0.2, 0.25) is 0 Å². The molecule has 3 heterocycles. The third-order valence-corrected chi connectivity index (χ3v) is 11.0. The molecule has 2 aliphatic heterocycles. The molecule has 0 atom stereocenters. The first-order chi connectivity index (χ1) is 19.6. The highest BCUT2D eigenvalue weighted by molar-refractivity contribution is 7.01. The summed E-state index contributed by atoms with van der Waals surface area (Å²) in [6.07, 6.45) is 4.54. The summed E-state index contributed by atoms with van der Waals surface area (Å²) >= 11 is 0. The number of hydrogen-bond donors (Lipinski definition) is 0. The average molecular weight is 551 g/mol. The molecule has 0 amide bonds. The van der Waals surface area contributed by atoms with Crippen LogP contribution in [-0.4, -0.2) is 16.5 Å². The number of fused-ring (bicyclic) bond motifs is 6. The molecule has 0 N–H and O–H groups in total. The Morgan fingerprint density at radius 3 is 2.24 bits per heavy atom. The molecule has 3 heteroatoms. The lowest BCUT2D eigenvalue weighted by Gasteiger charge is -2.46. The largest absolute Gasteiger partial charge is 0.248 e. The summed E-state index contributed by atoms with van der Waals surface area (Å²) in [6.45, 7) is 24.1. The van der Waals surface area contributed by atoms with E-state index in [0.717, 1.165) is 0 Å². The predicted molar refractivity (Wildman–Crippen MR) is 181 cm³/mol. The van der Waals surface area contributed by atoms with Crippen molar-refractivity contribution in [2.24, 2.45) is 0 Å². The topological polar surface area (TPSA) is 17.8 Å². The number of aromatic nitrogens is 2. The molecule has 42 heavy (non-hydrogen) atoms.